The minimum absolute atomic E-state index is 0.111. The molecule has 0 saturated heterocycles. The van der Waals surface area contributed by atoms with Crippen molar-refractivity contribution < 1.29 is 18.0 Å². The third kappa shape index (κ3) is 6.71. The molecule has 0 aliphatic rings. The number of benzene rings is 3. The van der Waals surface area contributed by atoms with Crippen LogP contribution in [0.1, 0.15) is 38.8 Å². The number of nitrogens with zero attached hydrogens (tertiary/aromatic N) is 2. The van der Waals surface area contributed by atoms with Crippen LogP contribution in [0.2, 0.25) is 0 Å². The van der Waals surface area contributed by atoms with E-state index in [0.29, 0.717) is 0 Å². The van der Waals surface area contributed by atoms with Gasteiger partial charge in [0.2, 0.25) is 21.8 Å². The summed E-state index contributed by atoms with van der Waals surface area (Å²) in [7, 11) is -2.55. The Morgan fingerprint density at radius 3 is 2.17 bits per heavy atom. The van der Waals surface area contributed by atoms with E-state index in [4.69, 9.17) is 0 Å². The fourth-order valence-corrected chi connectivity index (χ4v) is 4.98. The number of sulfonamides is 1. The second-order valence-electron chi connectivity index (χ2n) is 10.2. The van der Waals surface area contributed by atoms with E-state index in [2.05, 4.69) is 5.32 Å². The van der Waals surface area contributed by atoms with Crippen molar-refractivity contribution in [2.24, 2.45) is 0 Å². The Balaban J connectivity index is 1.85. The van der Waals surface area contributed by atoms with Crippen LogP contribution < -0.4 is 5.32 Å². The van der Waals surface area contributed by atoms with E-state index < -0.39 is 34.1 Å². The van der Waals surface area contributed by atoms with Gasteiger partial charge in [0, 0.05) is 19.1 Å². The lowest BCUT2D eigenvalue weighted by molar-refractivity contribution is -0.141. The molecule has 0 fully saturated rings. The molecule has 192 valence electrons. The number of amides is 2. The van der Waals surface area contributed by atoms with Crippen molar-refractivity contribution in [1.29, 1.82) is 0 Å². The summed E-state index contributed by atoms with van der Waals surface area (Å²) in [6.07, 6.45) is 0. The van der Waals surface area contributed by atoms with Gasteiger partial charge in [0.05, 0.1) is 11.4 Å². The summed E-state index contributed by atoms with van der Waals surface area (Å²) in [6.45, 7) is 9.02. The van der Waals surface area contributed by atoms with E-state index in [9.17, 15) is 18.0 Å². The highest BCUT2D eigenvalue weighted by Gasteiger charge is 2.31. The van der Waals surface area contributed by atoms with Crippen LogP contribution >= 0.6 is 0 Å². The summed E-state index contributed by atoms with van der Waals surface area (Å²) in [6, 6.07) is 19.3. The Morgan fingerprint density at radius 1 is 0.944 bits per heavy atom. The lowest BCUT2D eigenvalue weighted by atomic mass is 10.1. The molecule has 36 heavy (non-hydrogen) atoms. The number of carbonyl (C=O) groups excluding carboxylic acids is 2. The van der Waals surface area contributed by atoms with E-state index >= 15 is 0 Å². The van der Waals surface area contributed by atoms with Gasteiger partial charge in [0.15, 0.2) is 0 Å². The topological polar surface area (TPSA) is 86.8 Å². The van der Waals surface area contributed by atoms with E-state index in [1.54, 1.807) is 25.1 Å². The largest absolute Gasteiger partial charge is 0.350 e. The van der Waals surface area contributed by atoms with Gasteiger partial charge in [-0.3, -0.25) is 9.59 Å². The molecule has 3 aromatic rings. The van der Waals surface area contributed by atoms with Crippen molar-refractivity contribution in [3.63, 3.8) is 0 Å². The first-order chi connectivity index (χ1) is 16.8. The summed E-state index contributed by atoms with van der Waals surface area (Å²) in [4.78, 5) is 27.9. The molecule has 0 heterocycles. The number of nitrogens with one attached hydrogen (secondary N) is 1. The van der Waals surface area contributed by atoms with Crippen molar-refractivity contribution in [3.8, 4) is 0 Å². The molecule has 1 atom stereocenters. The molecule has 0 saturated carbocycles. The van der Waals surface area contributed by atoms with Crippen molar-refractivity contribution in [1.82, 2.24) is 14.5 Å². The molecule has 3 aromatic carbocycles. The van der Waals surface area contributed by atoms with Gasteiger partial charge in [0.1, 0.15) is 6.04 Å². The van der Waals surface area contributed by atoms with Crippen molar-refractivity contribution >= 4 is 32.6 Å². The molecular formula is C28H35N3O4S. The lowest BCUT2D eigenvalue weighted by Gasteiger charge is -2.32. The molecule has 3 rings (SSSR count). The summed E-state index contributed by atoms with van der Waals surface area (Å²) in [5.41, 5.74) is 1.46. The van der Waals surface area contributed by atoms with E-state index in [0.717, 1.165) is 26.2 Å². The summed E-state index contributed by atoms with van der Waals surface area (Å²) in [5, 5.41) is 4.64. The quantitative estimate of drug-likeness (QED) is 0.495. The van der Waals surface area contributed by atoms with Crippen LogP contribution in [0.4, 0.5) is 0 Å². The van der Waals surface area contributed by atoms with Crippen molar-refractivity contribution in [3.05, 3.63) is 77.9 Å². The Kier molecular flexibility index (Phi) is 8.21. The number of carbonyl (C=O) groups is 2. The minimum Gasteiger partial charge on any atom is -0.350 e. The van der Waals surface area contributed by atoms with Crippen molar-refractivity contribution in [2.75, 3.05) is 13.6 Å². The number of aryl methyl sites for hydroxylation is 1. The third-order valence-corrected chi connectivity index (χ3v) is 7.73. The van der Waals surface area contributed by atoms with Crippen LogP contribution in [0.15, 0.2) is 71.6 Å². The normalized spacial score (nSPS) is 13.0. The molecule has 0 unspecified atom stereocenters. The monoisotopic (exact) mass is 509 g/mol. The highest BCUT2D eigenvalue weighted by molar-refractivity contribution is 7.89. The van der Waals surface area contributed by atoms with Crippen LogP contribution in [-0.4, -0.2) is 54.6 Å². The number of fused-ring (bicyclic) bond motifs is 1. The first-order valence-electron chi connectivity index (χ1n) is 11.9. The molecule has 0 aliphatic heterocycles. The molecular weight excluding hydrogens is 474 g/mol. The zero-order valence-electron chi connectivity index (χ0n) is 21.8. The van der Waals surface area contributed by atoms with E-state index in [-0.39, 0.29) is 17.3 Å². The van der Waals surface area contributed by atoms with E-state index in [1.807, 2.05) is 76.2 Å². The Hall–Kier alpha value is -3.23. The van der Waals surface area contributed by atoms with Gasteiger partial charge in [-0.2, -0.15) is 4.31 Å². The Bertz CT molecular complexity index is 1350. The SMILES string of the molecule is Cc1ccc(CN(C(=O)CN(C)S(=O)(=O)c2ccc3ccccc3c2)[C@H](C)C(=O)NC(C)(C)C)cc1. The van der Waals surface area contributed by atoms with Gasteiger partial charge in [-0.15, -0.1) is 0 Å². The highest BCUT2D eigenvalue weighted by atomic mass is 32.2. The van der Waals surface area contributed by atoms with Crippen LogP contribution in [-0.2, 0) is 26.2 Å². The second-order valence-corrected chi connectivity index (χ2v) is 12.2. The zero-order chi connectivity index (χ0) is 26.7. The first-order valence-corrected chi connectivity index (χ1v) is 13.3. The zero-order valence-corrected chi connectivity index (χ0v) is 22.6. The van der Waals surface area contributed by atoms with Gasteiger partial charge < -0.3 is 10.2 Å². The molecule has 2 amide bonds. The predicted octanol–water partition coefficient (Wildman–Crippen LogP) is 4.10. The highest BCUT2D eigenvalue weighted by Crippen LogP contribution is 2.22. The van der Waals surface area contributed by atoms with Gasteiger partial charge in [-0.05, 0) is 63.1 Å². The maximum Gasteiger partial charge on any atom is 0.243 e. The average molecular weight is 510 g/mol. The maximum atomic E-state index is 13.5. The van der Waals surface area contributed by atoms with Crippen LogP contribution in [0, 0.1) is 6.92 Å². The number of hydrogen-bond donors (Lipinski definition) is 1. The second kappa shape index (κ2) is 10.8. The molecule has 8 heteroatoms. The molecule has 1 N–H and O–H groups in total. The van der Waals surface area contributed by atoms with E-state index in [1.165, 1.54) is 11.9 Å². The van der Waals surface area contributed by atoms with Gasteiger partial charge in [0.25, 0.3) is 0 Å². The molecule has 0 aromatic heterocycles. The Morgan fingerprint density at radius 2 is 1.56 bits per heavy atom. The van der Waals surface area contributed by atoms with Crippen LogP contribution in [0.25, 0.3) is 10.8 Å². The van der Waals surface area contributed by atoms with Crippen LogP contribution in [0.5, 0.6) is 0 Å². The minimum atomic E-state index is -3.93. The van der Waals surface area contributed by atoms with Gasteiger partial charge >= 0.3 is 0 Å². The van der Waals surface area contributed by atoms with Gasteiger partial charge in [-0.1, -0.05) is 60.2 Å². The summed E-state index contributed by atoms with van der Waals surface area (Å²) in [5.74, 6) is -0.762. The smallest absolute Gasteiger partial charge is 0.243 e. The third-order valence-electron chi connectivity index (χ3n) is 5.93. The molecule has 7 nitrogen and oxygen atoms in total. The predicted molar refractivity (Wildman–Crippen MR) is 143 cm³/mol. The standard InChI is InChI=1S/C28H35N3O4S/c1-20-11-13-22(14-12-20)18-31(21(2)27(33)29-28(3,4)5)26(32)19-30(6)36(34,35)25-16-15-23-9-7-8-10-24(23)17-25/h7-17,21H,18-19H2,1-6H3,(H,29,33)/t21-/m1/s1. The van der Waals surface area contributed by atoms with Crippen LogP contribution in [0.3, 0.4) is 0 Å². The average Bonchev–Trinajstić information content (AvgIpc) is 2.81. The molecule has 0 aliphatic carbocycles. The summed E-state index contributed by atoms with van der Waals surface area (Å²) >= 11 is 0. The first kappa shape index (κ1) is 27.4. The fraction of sp³-hybridized carbons (Fsp3) is 0.357. The van der Waals surface area contributed by atoms with Crippen molar-refractivity contribution in [2.45, 2.75) is 57.6 Å². The number of hydrogen-bond acceptors (Lipinski definition) is 4. The lowest BCUT2D eigenvalue weighted by Crippen LogP contribution is -2.54. The maximum absolute atomic E-state index is 13.5. The fourth-order valence-electron chi connectivity index (χ4n) is 3.82. The number of likely N-dealkylation sites (N-methyl/N-ethyl adjacent to an activating group) is 1. The number of rotatable bonds is 8. The Labute approximate surface area is 214 Å². The molecule has 0 radical (unpaired) electrons. The van der Waals surface area contributed by atoms with Gasteiger partial charge in [-0.25, -0.2) is 8.42 Å². The molecule has 0 bridgehead atoms. The summed E-state index contributed by atoms with van der Waals surface area (Å²) < 4.78 is 27.6. The molecule has 0 spiro atoms.